The molecule has 1 fully saturated rings. The van der Waals surface area contributed by atoms with E-state index in [1.165, 1.54) is 6.07 Å². The first-order valence-corrected chi connectivity index (χ1v) is 6.11. The number of nitrogens with zero attached hydrogens (tertiary/aromatic N) is 2. The summed E-state index contributed by atoms with van der Waals surface area (Å²) < 4.78 is 0. The summed E-state index contributed by atoms with van der Waals surface area (Å²) in [5, 5.41) is 9.14. The Morgan fingerprint density at radius 2 is 2.06 bits per heavy atom. The molecular weight excluding hydrogens is 228 g/mol. The fourth-order valence-electron chi connectivity index (χ4n) is 2.26. The van der Waals surface area contributed by atoms with Crippen LogP contribution in [0.4, 0.5) is 11.5 Å². The number of nitriles is 1. The van der Waals surface area contributed by atoms with E-state index in [2.05, 4.69) is 24.9 Å². The van der Waals surface area contributed by atoms with Crippen LogP contribution in [0, 0.1) is 16.7 Å². The van der Waals surface area contributed by atoms with Gasteiger partial charge >= 0.3 is 0 Å². The van der Waals surface area contributed by atoms with Gasteiger partial charge in [-0.2, -0.15) is 5.26 Å². The lowest BCUT2D eigenvalue weighted by Gasteiger charge is -2.38. The summed E-state index contributed by atoms with van der Waals surface area (Å²) in [4.78, 5) is 16.3. The summed E-state index contributed by atoms with van der Waals surface area (Å²) >= 11 is 0. The Bertz CT molecular complexity index is 543. The lowest BCUT2D eigenvalue weighted by atomic mass is 9.82. The summed E-state index contributed by atoms with van der Waals surface area (Å²) in [6, 6.07) is 3.33. The van der Waals surface area contributed by atoms with Crippen molar-refractivity contribution in [1.82, 2.24) is 4.98 Å². The van der Waals surface area contributed by atoms with Crippen LogP contribution in [0.2, 0.25) is 0 Å². The molecule has 0 radical (unpaired) electrons. The molecule has 1 aliphatic heterocycles. The summed E-state index contributed by atoms with van der Waals surface area (Å²) in [7, 11) is 0. The molecule has 1 saturated heterocycles. The number of hydrogen-bond acceptors (Lipinski definition) is 4. The van der Waals surface area contributed by atoms with Crippen molar-refractivity contribution in [2.24, 2.45) is 5.41 Å². The second kappa shape index (κ2) is 4.37. The third-order valence-corrected chi connectivity index (χ3v) is 3.60. The van der Waals surface area contributed by atoms with Crippen LogP contribution in [-0.2, 0) is 0 Å². The molecule has 3 N–H and O–H groups in total. The number of aromatic nitrogens is 1. The highest BCUT2D eigenvalue weighted by Gasteiger charge is 2.27. The standard InChI is InChI=1S/C13H18N4O/c1-13(2)3-5-17(6-4-13)12-9(8-14)10(15)7-11(18)16-12/h7H,3-6H2,1-2H3,(H3,15,16,18). The third-order valence-electron chi connectivity index (χ3n) is 3.60. The molecule has 0 bridgehead atoms. The van der Waals surface area contributed by atoms with E-state index in [9.17, 15) is 4.79 Å². The number of piperidine rings is 1. The van der Waals surface area contributed by atoms with Crippen LogP contribution < -0.4 is 16.2 Å². The van der Waals surface area contributed by atoms with E-state index in [4.69, 9.17) is 11.0 Å². The Hall–Kier alpha value is -1.96. The highest BCUT2D eigenvalue weighted by molar-refractivity contribution is 5.66. The number of rotatable bonds is 1. The predicted octanol–water partition coefficient (Wildman–Crippen LogP) is 1.46. The minimum atomic E-state index is -0.258. The minimum Gasteiger partial charge on any atom is -0.397 e. The number of hydrogen-bond donors (Lipinski definition) is 2. The quantitative estimate of drug-likeness (QED) is 0.785. The molecule has 1 aromatic heterocycles. The second-order valence-electron chi connectivity index (χ2n) is 5.58. The Kier molecular flexibility index (Phi) is 3.04. The maximum Gasteiger partial charge on any atom is 0.251 e. The van der Waals surface area contributed by atoms with Crippen LogP contribution >= 0.6 is 0 Å². The molecule has 18 heavy (non-hydrogen) atoms. The van der Waals surface area contributed by atoms with Crippen molar-refractivity contribution in [1.29, 1.82) is 5.26 Å². The molecule has 1 aromatic rings. The SMILES string of the molecule is CC1(C)CCN(c2[nH]c(=O)cc(N)c2C#N)CC1. The first-order chi connectivity index (χ1) is 8.43. The molecule has 2 heterocycles. The lowest BCUT2D eigenvalue weighted by molar-refractivity contribution is 0.279. The van der Waals surface area contributed by atoms with Crippen LogP contribution in [0.15, 0.2) is 10.9 Å². The Morgan fingerprint density at radius 3 is 2.61 bits per heavy atom. The molecule has 0 amide bonds. The van der Waals surface area contributed by atoms with Gasteiger partial charge < -0.3 is 15.6 Å². The summed E-state index contributed by atoms with van der Waals surface area (Å²) in [5.74, 6) is 0.568. The number of nitrogen functional groups attached to an aromatic ring is 1. The molecule has 0 aliphatic carbocycles. The molecule has 0 saturated carbocycles. The van der Waals surface area contributed by atoms with Gasteiger partial charge in [0.1, 0.15) is 17.5 Å². The predicted molar refractivity (Wildman–Crippen MR) is 71.4 cm³/mol. The van der Waals surface area contributed by atoms with Gasteiger partial charge in [-0.05, 0) is 18.3 Å². The molecule has 5 heteroatoms. The first-order valence-electron chi connectivity index (χ1n) is 6.11. The fourth-order valence-corrected chi connectivity index (χ4v) is 2.26. The molecular formula is C13H18N4O. The van der Waals surface area contributed by atoms with Crippen LogP contribution in [-0.4, -0.2) is 18.1 Å². The Morgan fingerprint density at radius 1 is 1.44 bits per heavy atom. The zero-order valence-corrected chi connectivity index (χ0v) is 10.8. The van der Waals surface area contributed by atoms with Crippen molar-refractivity contribution in [3.63, 3.8) is 0 Å². The van der Waals surface area contributed by atoms with Gasteiger partial charge in [0, 0.05) is 19.2 Å². The van der Waals surface area contributed by atoms with Crippen LogP contribution in [0.25, 0.3) is 0 Å². The highest BCUT2D eigenvalue weighted by atomic mass is 16.1. The van der Waals surface area contributed by atoms with Gasteiger partial charge in [0.25, 0.3) is 5.56 Å². The van der Waals surface area contributed by atoms with E-state index in [-0.39, 0.29) is 11.2 Å². The molecule has 0 atom stereocenters. The van der Waals surface area contributed by atoms with Crippen LogP contribution in [0.1, 0.15) is 32.3 Å². The minimum absolute atomic E-state index is 0.251. The van der Waals surface area contributed by atoms with E-state index in [1.807, 2.05) is 4.90 Å². The third kappa shape index (κ3) is 2.33. The van der Waals surface area contributed by atoms with Gasteiger partial charge in [0.05, 0.1) is 5.69 Å². The monoisotopic (exact) mass is 246 g/mol. The molecule has 96 valence electrons. The van der Waals surface area contributed by atoms with E-state index < -0.39 is 0 Å². The number of nitrogens with two attached hydrogens (primary N) is 1. The van der Waals surface area contributed by atoms with Crippen molar-refractivity contribution in [3.8, 4) is 6.07 Å². The van der Waals surface area contributed by atoms with Crippen molar-refractivity contribution in [2.45, 2.75) is 26.7 Å². The van der Waals surface area contributed by atoms with Crippen LogP contribution in [0.5, 0.6) is 0 Å². The molecule has 2 rings (SSSR count). The highest BCUT2D eigenvalue weighted by Crippen LogP contribution is 2.32. The largest absolute Gasteiger partial charge is 0.397 e. The smallest absolute Gasteiger partial charge is 0.251 e. The van der Waals surface area contributed by atoms with Crippen molar-refractivity contribution >= 4 is 11.5 Å². The molecule has 0 spiro atoms. The van der Waals surface area contributed by atoms with E-state index in [0.29, 0.717) is 16.8 Å². The summed E-state index contributed by atoms with van der Waals surface area (Å²) in [6.07, 6.45) is 2.07. The van der Waals surface area contributed by atoms with E-state index >= 15 is 0 Å². The maximum absolute atomic E-state index is 11.5. The van der Waals surface area contributed by atoms with Gasteiger partial charge in [0.2, 0.25) is 0 Å². The van der Waals surface area contributed by atoms with Crippen LogP contribution in [0.3, 0.4) is 0 Å². The maximum atomic E-state index is 11.5. The molecule has 5 nitrogen and oxygen atoms in total. The zero-order chi connectivity index (χ0) is 13.3. The van der Waals surface area contributed by atoms with E-state index in [1.54, 1.807) is 0 Å². The van der Waals surface area contributed by atoms with Crippen molar-refractivity contribution in [3.05, 3.63) is 22.0 Å². The molecule has 1 aliphatic rings. The van der Waals surface area contributed by atoms with Gasteiger partial charge in [-0.25, -0.2) is 0 Å². The fraction of sp³-hybridized carbons (Fsp3) is 0.538. The topological polar surface area (TPSA) is 85.9 Å². The van der Waals surface area contributed by atoms with Gasteiger partial charge in [-0.3, -0.25) is 4.79 Å². The second-order valence-corrected chi connectivity index (χ2v) is 5.58. The number of H-pyrrole nitrogens is 1. The van der Waals surface area contributed by atoms with Gasteiger partial charge in [-0.15, -0.1) is 0 Å². The van der Waals surface area contributed by atoms with Gasteiger partial charge in [-0.1, -0.05) is 13.8 Å². The van der Waals surface area contributed by atoms with Crippen molar-refractivity contribution in [2.75, 3.05) is 23.7 Å². The average molecular weight is 246 g/mol. The number of anilines is 2. The first kappa shape index (κ1) is 12.5. The summed E-state index contributed by atoms with van der Waals surface area (Å²) in [6.45, 7) is 6.14. The Labute approximate surface area is 106 Å². The number of pyridine rings is 1. The zero-order valence-electron chi connectivity index (χ0n) is 10.8. The molecule has 0 aromatic carbocycles. The lowest BCUT2D eigenvalue weighted by Crippen LogP contribution is -2.39. The Balaban J connectivity index is 2.35. The number of aromatic amines is 1. The normalized spacial score (nSPS) is 18.4. The van der Waals surface area contributed by atoms with Crippen molar-refractivity contribution < 1.29 is 0 Å². The molecule has 0 unspecified atom stereocenters. The van der Waals surface area contributed by atoms with E-state index in [0.717, 1.165) is 25.9 Å². The number of nitrogens with one attached hydrogen (secondary N) is 1. The van der Waals surface area contributed by atoms with Gasteiger partial charge in [0.15, 0.2) is 0 Å². The average Bonchev–Trinajstić information content (AvgIpc) is 2.28. The summed E-state index contributed by atoms with van der Waals surface area (Å²) in [5.41, 5.74) is 6.41.